The summed E-state index contributed by atoms with van der Waals surface area (Å²) in [7, 11) is 0. The third-order valence-electron chi connectivity index (χ3n) is 0.993. The molecule has 0 aliphatic rings. The van der Waals surface area contributed by atoms with E-state index in [-0.39, 0.29) is 0 Å². The van der Waals surface area contributed by atoms with Crippen molar-refractivity contribution in [2.45, 2.75) is 20.3 Å². The van der Waals surface area contributed by atoms with Crippen molar-refractivity contribution in [1.29, 1.82) is 0 Å². The van der Waals surface area contributed by atoms with Crippen molar-refractivity contribution in [3.8, 4) is 0 Å². The van der Waals surface area contributed by atoms with Gasteiger partial charge in [0, 0.05) is 5.88 Å². The van der Waals surface area contributed by atoms with E-state index in [0.717, 1.165) is 23.9 Å². The Morgan fingerprint density at radius 2 is 2.27 bits per heavy atom. The molecule has 66 valence electrons. The predicted molar refractivity (Wildman–Crippen MR) is 53.2 cm³/mol. The highest BCUT2D eigenvalue weighted by molar-refractivity contribution is 8.02. The average Bonchev–Trinajstić information content (AvgIpc) is 2.01. The van der Waals surface area contributed by atoms with E-state index >= 15 is 0 Å². The maximum absolute atomic E-state index is 5.54. The smallest absolute Gasteiger partial charge is 0.149 e. The lowest BCUT2D eigenvalue weighted by Crippen LogP contribution is -1.88. The summed E-state index contributed by atoms with van der Waals surface area (Å²) in [5.41, 5.74) is 0. The van der Waals surface area contributed by atoms with E-state index in [4.69, 9.17) is 16.3 Å². The van der Waals surface area contributed by atoms with Crippen LogP contribution in [0, 0.1) is 0 Å². The molecule has 0 aromatic heterocycles. The fourth-order valence-corrected chi connectivity index (χ4v) is 1.45. The van der Waals surface area contributed by atoms with Crippen LogP contribution >= 0.6 is 23.4 Å². The second kappa shape index (κ2) is 8.28. The number of hydrogen-bond acceptors (Lipinski definition) is 2. The summed E-state index contributed by atoms with van der Waals surface area (Å²) in [6, 6.07) is 0. The number of rotatable bonds is 6. The number of ether oxygens (including phenoxy) is 1. The van der Waals surface area contributed by atoms with E-state index < -0.39 is 0 Å². The molecule has 0 aliphatic carbocycles. The van der Waals surface area contributed by atoms with Crippen LogP contribution in [0.4, 0.5) is 0 Å². The van der Waals surface area contributed by atoms with Gasteiger partial charge in [0.1, 0.15) is 5.09 Å². The van der Waals surface area contributed by atoms with Gasteiger partial charge in [-0.25, -0.2) is 0 Å². The molecule has 0 saturated carbocycles. The number of halogens is 1. The third kappa shape index (κ3) is 6.57. The highest BCUT2D eigenvalue weighted by Crippen LogP contribution is 2.16. The Kier molecular flexibility index (Phi) is 8.41. The van der Waals surface area contributed by atoms with Crippen LogP contribution in [0.2, 0.25) is 0 Å². The normalized spacial score (nSPS) is 11.7. The molecule has 0 radical (unpaired) electrons. The van der Waals surface area contributed by atoms with Crippen LogP contribution in [0.25, 0.3) is 0 Å². The van der Waals surface area contributed by atoms with Gasteiger partial charge in [0.15, 0.2) is 0 Å². The fraction of sp³-hybridized carbons (Fsp3) is 0.750. The molecule has 0 amide bonds. The zero-order valence-electron chi connectivity index (χ0n) is 7.10. The number of allylic oxidation sites excluding steroid dienone is 1. The predicted octanol–water partition coefficient (Wildman–Crippen LogP) is 3.25. The first-order valence-electron chi connectivity index (χ1n) is 3.86. The van der Waals surface area contributed by atoms with Gasteiger partial charge in [-0.2, -0.15) is 0 Å². The van der Waals surface area contributed by atoms with Crippen molar-refractivity contribution >= 4 is 23.4 Å². The van der Waals surface area contributed by atoms with Crippen LogP contribution in [0.15, 0.2) is 11.2 Å². The second-order valence-electron chi connectivity index (χ2n) is 1.87. The first kappa shape index (κ1) is 11.2. The van der Waals surface area contributed by atoms with Gasteiger partial charge in [0.25, 0.3) is 0 Å². The van der Waals surface area contributed by atoms with Crippen molar-refractivity contribution in [1.82, 2.24) is 0 Å². The lowest BCUT2D eigenvalue weighted by atomic mass is 10.5. The molecule has 0 unspecified atom stereocenters. The molecule has 0 aromatic carbocycles. The Morgan fingerprint density at radius 3 is 2.73 bits per heavy atom. The minimum Gasteiger partial charge on any atom is -0.488 e. The lowest BCUT2D eigenvalue weighted by molar-refractivity contribution is 0.257. The average molecular weight is 195 g/mol. The minimum absolute atomic E-state index is 0.668. The van der Waals surface area contributed by atoms with Crippen molar-refractivity contribution in [3.63, 3.8) is 0 Å². The van der Waals surface area contributed by atoms with Crippen molar-refractivity contribution in [2.75, 3.05) is 18.2 Å². The molecule has 0 atom stereocenters. The number of thioether (sulfide) groups is 1. The van der Waals surface area contributed by atoms with E-state index in [1.54, 1.807) is 11.8 Å². The van der Waals surface area contributed by atoms with Gasteiger partial charge in [0.2, 0.25) is 0 Å². The van der Waals surface area contributed by atoms with Gasteiger partial charge in [-0.05, 0) is 25.2 Å². The van der Waals surface area contributed by atoms with Gasteiger partial charge in [0.05, 0.1) is 6.61 Å². The zero-order chi connectivity index (χ0) is 8.53. The highest BCUT2D eigenvalue weighted by atomic mass is 35.5. The molecule has 0 saturated heterocycles. The summed E-state index contributed by atoms with van der Waals surface area (Å²) in [6.45, 7) is 4.84. The Bertz CT molecular complexity index is 107. The first-order valence-corrected chi connectivity index (χ1v) is 5.38. The first-order chi connectivity index (χ1) is 5.35. The van der Waals surface area contributed by atoms with Crippen LogP contribution in [-0.4, -0.2) is 18.2 Å². The van der Waals surface area contributed by atoms with Crippen molar-refractivity contribution < 1.29 is 4.74 Å². The summed E-state index contributed by atoms with van der Waals surface area (Å²) in [5.74, 6) is 1.72. The molecule has 3 heteroatoms. The topological polar surface area (TPSA) is 9.23 Å². The standard InChI is InChI=1S/C8H15ClOS/c1-3-10-8(11-4-2)6-5-7-9/h6H,3-5,7H2,1-2H3/b8-6+. The van der Waals surface area contributed by atoms with Gasteiger partial charge in [-0.1, -0.05) is 18.7 Å². The van der Waals surface area contributed by atoms with E-state index in [9.17, 15) is 0 Å². The summed E-state index contributed by atoms with van der Waals surface area (Å²) < 4.78 is 5.35. The lowest BCUT2D eigenvalue weighted by Gasteiger charge is -2.05. The van der Waals surface area contributed by atoms with Gasteiger partial charge in [-0.15, -0.1) is 11.6 Å². The summed E-state index contributed by atoms with van der Waals surface area (Å²) in [5, 5.41) is 1.01. The van der Waals surface area contributed by atoms with Gasteiger partial charge < -0.3 is 4.74 Å². The monoisotopic (exact) mass is 194 g/mol. The molecule has 0 bridgehead atoms. The van der Waals surface area contributed by atoms with Crippen LogP contribution < -0.4 is 0 Å². The third-order valence-corrected chi connectivity index (χ3v) is 2.07. The van der Waals surface area contributed by atoms with Gasteiger partial charge in [-0.3, -0.25) is 0 Å². The van der Waals surface area contributed by atoms with Crippen molar-refractivity contribution in [2.24, 2.45) is 0 Å². The van der Waals surface area contributed by atoms with E-state index in [1.165, 1.54) is 0 Å². The molecule has 0 heterocycles. The fourth-order valence-electron chi connectivity index (χ4n) is 0.616. The molecule has 0 N–H and O–H groups in total. The second-order valence-corrected chi connectivity index (χ2v) is 3.51. The molecule has 0 aliphatic heterocycles. The Balaban J connectivity index is 3.66. The summed E-state index contributed by atoms with van der Waals surface area (Å²) >= 11 is 7.26. The van der Waals surface area contributed by atoms with E-state index in [1.807, 2.05) is 13.0 Å². The molecule has 0 fully saturated rings. The quantitative estimate of drug-likeness (QED) is 0.474. The maximum atomic E-state index is 5.54. The van der Waals surface area contributed by atoms with Gasteiger partial charge >= 0.3 is 0 Å². The number of alkyl halides is 1. The van der Waals surface area contributed by atoms with Crippen molar-refractivity contribution in [3.05, 3.63) is 11.2 Å². The number of hydrogen-bond donors (Lipinski definition) is 0. The summed E-state index contributed by atoms with van der Waals surface area (Å²) in [4.78, 5) is 0. The molecule has 0 aromatic rings. The maximum Gasteiger partial charge on any atom is 0.149 e. The van der Waals surface area contributed by atoms with Crippen LogP contribution in [0.1, 0.15) is 20.3 Å². The Hall–Kier alpha value is 0.180. The molecule has 0 spiro atoms. The largest absolute Gasteiger partial charge is 0.488 e. The van der Waals surface area contributed by atoms with E-state index in [0.29, 0.717) is 5.88 Å². The van der Waals surface area contributed by atoms with Crippen LogP contribution in [-0.2, 0) is 4.74 Å². The highest BCUT2D eigenvalue weighted by Gasteiger charge is 1.94. The SMILES string of the molecule is CCO/C(=C\CCCl)SCC. The molecular weight excluding hydrogens is 180 g/mol. The Labute approximate surface area is 78.1 Å². The molecule has 1 nitrogen and oxygen atoms in total. The zero-order valence-corrected chi connectivity index (χ0v) is 8.67. The summed E-state index contributed by atoms with van der Waals surface area (Å²) in [6.07, 6.45) is 2.94. The van der Waals surface area contributed by atoms with Crippen LogP contribution in [0.3, 0.4) is 0 Å². The van der Waals surface area contributed by atoms with Crippen LogP contribution in [0.5, 0.6) is 0 Å². The Morgan fingerprint density at radius 1 is 1.55 bits per heavy atom. The molecule has 11 heavy (non-hydrogen) atoms. The molecule has 0 rings (SSSR count). The minimum atomic E-state index is 0.668. The van der Waals surface area contributed by atoms with E-state index in [2.05, 4.69) is 6.92 Å². The molecular formula is C8H15ClOS.